The van der Waals surface area contributed by atoms with E-state index in [1.54, 1.807) is 60.6 Å². The van der Waals surface area contributed by atoms with Crippen molar-refractivity contribution in [2.24, 2.45) is 0 Å². The molecule has 0 atom stereocenters. The van der Waals surface area contributed by atoms with Crippen molar-refractivity contribution in [1.29, 1.82) is 0 Å². The molecule has 1 aromatic heterocycles. The summed E-state index contributed by atoms with van der Waals surface area (Å²) in [6, 6.07) is 11.9. The first kappa shape index (κ1) is 36.0. The van der Waals surface area contributed by atoms with Gasteiger partial charge in [-0.2, -0.15) is 13.2 Å². The molecule has 3 aromatic rings. The number of benzene rings is 2. The molecule has 0 bridgehead atoms. The number of amides is 1. The van der Waals surface area contributed by atoms with Gasteiger partial charge in [0.25, 0.3) is 0 Å². The van der Waals surface area contributed by atoms with E-state index in [1.165, 1.54) is 12.1 Å². The van der Waals surface area contributed by atoms with Crippen molar-refractivity contribution in [3.05, 3.63) is 77.2 Å². The highest BCUT2D eigenvalue weighted by Crippen LogP contribution is 2.32. The van der Waals surface area contributed by atoms with Crippen LogP contribution in [0.4, 0.5) is 22.8 Å². The van der Waals surface area contributed by atoms with Gasteiger partial charge >= 0.3 is 18.4 Å². The quantitative estimate of drug-likeness (QED) is 0.167. The SMILES string of the molecule is CCC/C(=C/CN(OC(=O)OC(C)(C)C)C(=O)OC(C)(C)C)c1cccc(OCc2nc(-c3ccc(C(F)(F)F)cc3)oc2C)c1. The van der Waals surface area contributed by atoms with Crippen LogP contribution in [0.25, 0.3) is 17.0 Å². The Morgan fingerprint density at radius 2 is 1.61 bits per heavy atom. The second kappa shape index (κ2) is 14.7. The number of oxazole rings is 1. The van der Waals surface area contributed by atoms with Gasteiger partial charge < -0.3 is 18.6 Å². The van der Waals surface area contributed by atoms with Crippen LogP contribution < -0.4 is 4.74 Å². The second-order valence-corrected chi connectivity index (χ2v) is 12.5. The van der Waals surface area contributed by atoms with Gasteiger partial charge in [-0.15, -0.1) is 5.06 Å². The van der Waals surface area contributed by atoms with E-state index >= 15 is 0 Å². The minimum absolute atomic E-state index is 0.0579. The van der Waals surface area contributed by atoms with E-state index in [0.717, 1.165) is 34.8 Å². The zero-order chi connectivity index (χ0) is 34.3. The topological polar surface area (TPSA) is 100 Å². The Morgan fingerprint density at radius 3 is 2.20 bits per heavy atom. The van der Waals surface area contributed by atoms with Gasteiger partial charge in [0.05, 0.1) is 12.1 Å². The van der Waals surface area contributed by atoms with E-state index in [-0.39, 0.29) is 19.0 Å². The maximum atomic E-state index is 12.9. The first-order valence-corrected chi connectivity index (χ1v) is 14.8. The summed E-state index contributed by atoms with van der Waals surface area (Å²) in [6.07, 6.45) is -3.10. The van der Waals surface area contributed by atoms with Crippen LogP contribution in [0.15, 0.2) is 59.0 Å². The first-order valence-electron chi connectivity index (χ1n) is 14.8. The number of carbonyl (C=O) groups excluding carboxylic acids is 2. The number of allylic oxidation sites excluding steroid dienone is 1. The summed E-state index contributed by atoms with van der Waals surface area (Å²) >= 11 is 0. The zero-order valence-electron chi connectivity index (χ0n) is 27.4. The summed E-state index contributed by atoms with van der Waals surface area (Å²) in [7, 11) is 0. The van der Waals surface area contributed by atoms with Crippen LogP contribution >= 0.6 is 0 Å². The van der Waals surface area contributed by atoms with Crippen molar-refractivity contribution in [1.82, 2.24) is 10.0 Å². The molecule has 3 rings (SSSR count). The molecule has 0 aliphatic heterocycles. The average Bonchev–Trinajstić information content (AvgIpc) is 3.31. The number of aryl methyl sites for hydroxylation is 1. The largest absolute Gasteiger partial charge is 0.534 e. The van der Waals surface area contributed by atoms with Gasteiger partial charge in [-0.3, -0.25) is 4.84 Å². The molecule has 250 valence electrons. The normalized spacial score (nSPS) is 12.5. The molecule has 0 aliphatic carbocycles. The first-order chi connectivity index (χ1) is 21.3. The van der Waals surface area contributed by atoms with Crippen LogP contribution in [0.5, 0.6) is 5.75 Å². The fourth-order valence-electron chi connectivity index (χ4n) is 4.07. The number of rotatable bonds is 9. The monoisotopic (exact) mass is 646 g/mol. The van der Waals surface area contributed by atoms with Crippen molar-refractivity contribution in [2.75, 3.05) is 6.54 Å². The minimum Gasteiger partial charge on any atom is -0.487 e. The molecule has 1 heterocycles. The summed E-state index contributed by atoms with van der Waals surface area (Å²) in [5.74, 6) is 1.20. The second-order valence-electron chi connectivity index (χ2n) is 12.5. The Hall–Kier alpha value is -4.48. The van der Waals surface area contributed by atoms with Crippen molar-refractivity contribution in [3.63, 3.8) is 0 Å². The highest BCUT2D eigenvalue weighted by molar-refractivity contribution is 5.72. The summed E-state index contributed by atoms with van der Waals surface area (Å²) in [5.41, 5.74) is 0.197. The third-order valence-corrected chi connectivity index (χ3v) is 6.13. The van der Waals surface area contributed by atoms with Crippen LogP contribution in [0.2, 0.25) is 0 Å². The smallest absolute Gasteiger partial charge is 0.487 e. The number of ether oxygens (including phenoxy) is 3. The van der Waals surface area contributed by atoms with Gasteiger partial charge in [-0.25, -0.2) is 14.6 Å². The van der Waals surface area contributed by atoms with Gasteiger partial charge in [0.1, 0.15) is 35.0 Å². The van der Waals surface area contributed by atoms with E-state index in [4.69, 9.17) is 23.5 Å². The lowest BCUT2D eigenvalue weighted by molar-refractivity contribution is -0.137. The summed E-state index contributed by atoms with van der Waals surface area (Å²) in [4.78, 5) is 34.9. The Bertz CT molecular complexity index is 1520. The molecule has 0 fully saturated rings. The fourth-order valence-corrected chi connectivity index (χ4v) is 4.07. The third kappa shape index (κ3) is 11.1. The summed E-state index contributed by atoms with van der Waals surface area (Å²) in [6.45, 7) is 13.8. The van der Waals surface area contributed by atoms with Crippen LogP contribution in [0.3, 0.4) is 0 Å². The number of carbonyl (C=O) groups is 2. The Kier molecular flexibility index (Phi) is 11.5. The lowest BCUT2D eigenvalue weighted by Crippen LogP contribution is -2.39. The van der Waals surface area contributed by atoms with E-state index in [0.29, 0.717) is 29.2 Å². The van der Waals surface area contributed by atoms with Gasteiger partial charge in [0.2, 0.25) is 5.89 Å². The average molecular weight is 647 g/mol. The third-order valence-electron chi connectivity index (χ3n) is 6.13. The number of hydrogen-bond donors (Lipinski definition) is 0. The Balaban J connectivity index is 1.77. The molecule has 0 unspecified atom stereocenters. The maximum Gasteiger partial charge on any atom is 0.534 e. The molecule has 2 aromatic carbocycles. The van der Waals surface area contributed by atoms with Gasteiger partial charge in [0.15, 0.2) is 0 Å². The van der Waals surface area contributed by atoms with Crippen molar-refractivity contribution in [2.45, 2.75) is 92.2 Å². The number of alkyl halides is 3. The highest BCUT2D eigenvalue weighted by Gasteiger charge is 2.30. The highest BCUT2D eigenvalue weighted by atomic mass is 19.4. The molecule has 1 amide bonds. The van der Waals surface area contributed by atoms with Crippen LogP contribution in [-0.2, 0) is 27.1 Å². The van der Waals surface area contributed by atoms with Crippen LogP contribution in [-0.4, -0.2) is 40.0 Å². The molecule has 46 heavy (non-hydrogen) atoms. The van der Waals surface area contributed by atoms with Crippen LogP contribution in [0, 0.1) is 6.92 Å². The van der Waals surface area contributed by atoms with Crippen molar-refractivity contribution >= 4 is 17.8 Å². The number of aromatic nitrogens is 1. The Labute approximate surface area is 267 Å². The number of nitrogens with zero attached hydrogens (tertiary/aromatic N) is 2. The number of halogens is 3. The predicted octanol–water partition coefficient (Wildman–Crippen LogP) is 9.54. The van der Waals surface area contributed by atoms with E-state index in [1.807, 2.05) is 25.1 Å². The lowest BCUT2D eigenvalue weighted by atomic mass is 10.0. The number of hydrogen-bond acceptors (Lipinski definition) is 8. The van der Waals surface area contributed by atoms with Crippen LogP contribution in [0.1, 0.15) is 83.9 Å². The molecule has 0 saturated heterocycles. The minimum atomic E-state index is -4.43. The van der Waals surface area contributed by atoms with E-state index < -0.39 is 35.2 Å². The standard InChI is InChI=1S/C34H41F3N2O7/c1-9-11-23(18-19-39(30(40)44-32(3,4)5)46-31(41)45-33(6,7)8)25-12-10-13-27(20-25)42-21-28-22(2)43-29(38-28)24-14-16-26(17-15-24)34(35,36)37/h10,12-18,20H,9,11,19,21H2,1-8H3/b23-18-. The van der Waals surface area contributed by atoms with Crippen molar-refractivity contribution < 1.29 is 46.2 Å². The summed E-state index contributed by atoms with van der Waals surface area (Å²) < 4.78 is 61.1. The van der Waals surface area contributed by atoms with Gasteiger partial charge in [-0.05, 0) is 102 Å². The maximum absolute atomic E-state index is 12.9. The Morgan fingerprint density at radius 1 is 0.957 bits per heavy atom. The van der Waals surface area contributed by atoms with Crippen molar-refractivity contribution in [3.8, 4) is 17.2 Å². The molecule has 9 nitrogen and oxygen atoms in total. The molecule has 0 spiro atoms. The molecule has 0 N–H and O–H groups in total. The molecule has 12 heteroatoms. The molecular formula is C34H41F3N2O7. The molecular weight excluding hydrogens is 605 g/mol. The van der Waals surface area contributed by atoms with E-state index in [2.05, 4.69) is 4.98 Å². The molecule has 0 saturated carbocycles. The molecule has 0 radical (unpaired) electrons. The lowest BCUT2D eigenvalue weighted by Gasteiger charge is -2.26. The zero-order valence-corrected chi connectivity index (χ0v) is 27.4. The molecule has 0 aliphatic rings. The van der Waals surface area contributed by atoms with Gasteiger partial charge in [-0.1, -0.05) is 31.6 Å². The fraction of sp³-hybridized carbons (Fsp3) is 0.441. The van der Waals surface area contributed by atoms with E-state index in [9.17, 15) is 22.8 Å². The number of hydroxylamine groups is 2. The predicted molar refractivity (Wildman–Crippen MR) is 166 cm³/mol. The summed E-state index contributed by atoms with van der Waals surface area (Å²) in [5, 5.41) is 0.816. The van der Waals surface area contributed by atoms with Gasteiger partial charge in [0, 0.05) is 5.56 Å².